The molecule has 1 aliphatic carbocycles. The van der Waals surface area contributed by atoms with Gasteiger partial charge in [0.25, 0.3) is 0 Å². The zero-order chi connectivity index (χ0) is 13.6. The van der Waals surface area contributed by atoms with Crippen LogP contribution >= 0.6 is 0 Å². The number of aliphatic hydroxyl groups excluding tert-OH is 2. The predicted octanol–water partition coefficient (Wildman–Crippen LogP) is -0.712. The summed E-state index contributed by atoms with van der Waals surface area (Å²) in [5, 5.41) is 22.1. The van der Waals surface area contributed by atoms with Gasteiger partial charge in [0.2, 0.25) is 5.91 Å². The van der Waals surface area contributed by atoms with Crippen LogP contribution in [0.5, 0.6) is 0 Å². The van der Waals surface area contributed by atoms with Crippen molar-refractivity contribution in [2.45, 2.75) is 32.0 Å². The third-order valence-corrected chi connectivity index (χ3v) is 3.28. The van der Waals surface area contributed by atoms with Crippen LogP contribution in [0.25, 0.3) is 0 Å². The maximum Gasteiger partial charge on any atom is 0.216 e. The average molecular weight is 261 g/mol. The molecule has 0 aromatic carbocycles. The Morgan fingerprint density at radius 1 is 1.33 bits per heavy atom. The molecule has 0 aromatic rings. The molecular weight excluding hydrogens is 238 g/mol. The van der Waals surface area contributed by atoms with E-state index in [1.165, 1.54) is 6.92 Å². The summed E-state index contributed by atoms with van der Waals surface area (Å²) in [6, 6.07) is 0. The number of methoxy groups -OCH3 is 1. The number of carbonyl (C=O) groups excluding carboxylic acids is 1. The standard InChI is InChI=1S/C12H23NO5/c1-9(14)13-7-12(8-18-4-3-17-2)5-10(15)11(16)6-12/h10-11,15-16H,3-8H2,1-2H3,(H,13,14)/t10-,11+,12?. The van der Waals surface area contributed by atoms with Crippen LogP contribution in [0.3, 0.4) is 0 Å². The van der Waals surface area contributed by atoms with Crippen LogP contribution in [0.4, 0.5) is 0 Å². The SMILES string of the molecule is COCCOCC1(CNC(C)=O)C[C@@H](O)[C@@H](O)C1. The summed E-state index contributed by atoms with van der Waals surface area (Å²) < 4.78 is 10.4. The molecule has 0 bridgehead atoms. The van der Waals surface area contributed by atoms with Gasteiger partial charge in [0, 0.05) is 26.0 Å². The number of ether oxygens (including phenoxy) is 2. The molecule has 6 heteroatoms. The Morgan fingerprint density at radius 2 is 1.94 bits per heavy atom. The van der Waals surface area contributed by atoms with Crippen LogP contribution in [0.1, 0.15) is 19.8 Å². The molecule has 1 saturated carbocycles. The van der Waals surface area contributed by atoms with E-state index in [-0.39, 0.29) is 5.91 Å². The number of hydrogen-bond donors (Lipinski definition) is 3. The van der Waals surface area contributed by atoms with E-state index in [2.05, 4.69) is 5.32 Å². The van der Waals surface area contributed by atoms with Gasteiger partial charge in [0.05, 0.1) is 32.0 Å². The van der Waals surface area contributed by atoms with Crippen LogP contribution < -0.4 is 5.32 Å². The first-order chi connectivity index (χ1) is 8.49. The quantitative estimate of drug-likeness (QED) is 0.527. The second kappa shape index (κ2) is 7.04. The van der Waals surface area contributed by atoms with Crippen molar-refractivity contribution in [1.82, 2.24) is 5.32 Å². The second-order valence-electron chi connectivity index (χ2n) is 5.00. The van der Waals surface area contributed by atoms with Crippen molar-refractivity contribution in [1.29, 1.82) is 0 Å². The number of nitrogens with one attached hydrogen (secondary N) is 1. The summed E-state index contributed by atoms with van der Waals surface area (Å²) in [5.41, 5.74) is -0.391. The Morgan fingerprint density at radius 3 is 2.44 bits per heavy atom. The van der Waals surface area contributed by atoms with Gasteiger partial charge < -0.3 is 25.0 Å². The average Bonchev–Trinajstić information content (AvgIpc) is 2.59. The van der Waals surface area contributed by atoms with Gasteiger partial charge in [-0.1, -0.05) is 0 Å². The smallest absolute Gasteiger partial charge is 0.216 e. The van der Waals surface area contributed by atoms with Crippen molar-refractivity contribution in [2.24, 2.45) is 5.41 Å². The molecule has 0 aromatic heterocycles. The van der Waals surface area contributed by atoms with Crippen LogP contribution in [0.2, 0.25) is 0 Å². The monoisotopic (exact) mass is 261 g/mol. The van der Waals surface area contributed by atoms with E-state index in [9.17, 15) is 15.0 Å². The van der Waals surface area contributed by atoms with Gasteiger partial charge in [-0.2, -0.15) is 0 Å². The zero-order valence-corrected chi connectivity index (χ0v) is 11.0. The van der Waals surface area contributed by atoms with E-state index in [0.717, 1.165) is 0 Å². The molecule has 0 heterocycles. The first-order valence-corrected chi connectivity index (χ1v) is 6.16. The number of aliphatic hydroxyl groups is 2. The van der Waals surface area contributed by atoms with Gasteiger partial charge in [-0.05, 0) is 12.8 Å². The van der Waals surface area contributed by atoms with Crippen LogP contribution in [-0.4, -0.2) is 61.8 Å². The van der Waals surface area contributed by atoms with Gasteiger partial charge in [0.15, 0.2) is 0 Å². The highest BCUT2D eigenvalue weighted by Gasteiger charge is 2.44. The summed E-state index contributed by atoms with van der Waals surface area (Å²) in [6.07, 6.45) is -0.627. The molecule has 3 atom stereocenters. The molecule has 3 N–H and O–H groups in total. The molecule has 1 unspecified atom stereocenters. The topological polar surface area (TPSA) is 88.0 Å². The van der Waals surface area contributed by atoms with Crippen LogP contribution in [-0.2, 0) is 14.3 Å². The van der Waals surface area contributed by atoms with Crippen LogP contribution in [0, 0.1) is 5.41 Å². The summed E-state index contributed by atoms with van der Waals surface area (Å²) >= 11 is 0. The normalized spacial score (nSPS) is 31.6. The van der Waals surface area contributed by atoms with E-state index >= 15 is 0 Å². The van der Waals surface area contributed by atoms with Gasteiger partial charge in [0.1, 0.15) is 0 Å². The molecule has 1 fully saturated rings. The lowest BCUT2D eigenvalue weighted by Gasteiger charge is -2.28. The lowest BCUT2D eigenvalue weighted by Crippen LogP contribution is -2.39. The minimum atomic E-state index is -0.746. The van der Waals surface area contributed by atoms with E-state index in [1.807, 2.05) is 0 Å². The maximum atomic E-state index is 11.0. The Hall–Kier alpha value is -0.690. The fourth-order valence-corrected chi connectivity index (χ4v) is 2.30. The highest BCUT2D eigenvalue weighted by Crippen LogP contribution is 2.38. The maximum absolute atomic E-state index is 11.0. The molecule has 6 nitrogen and oxygen atoms in total. The number of carbonyl (C=O) groups is 1. The van der Waals surface area contributed by atoms with Crippen LogP contribution in [0.15, 0.2) is 0 Å². The fraction of sp³-hybridized carbons (Fsp3) is 0.917. The number of hydrogen-bond acceptors (Lipinski definition) is 5. The predicted molar refractivity (Wildman–Crippen MR) is 65.1 cm³/mol. The van der Waals surface area contributed by atoms with Gasteiger partial charge in [-0.25, -0.2) is 0 Å². The lowest BCUT2D eigenvalue weighted by molar-refractivity contribution is -0.119. The van der Waals surface area contributed by atoms with Crippen molar-refractivity contribution in [3.63, 3.8) is 0 Å². The molecular formula is C12H23NO5. The Kier molecular flexibility index (Phi) is 6.01. The lowest BCUT2D eigenvalue weighted by atomic mass is 9.86. The first-order valence-electron chi connectivity index (χ1n) is 6.16. The first kappa shape index (κ1) is 15.4. The molecule has 1 rings (SSSR count). The van der Waals surface area contributed by atoms with Gasteiger partial charge in [-0.3, -0.25) is 4.79 Å². The van der Waals surface area contributed by atoms with Crippen molar-refractivity contribution in [2.75, 3.05) is 33.5 Å². The molecule has 18 heavy (non-hydrogen) atoms. The van der Waals surface area contributed by atoms with Gasteiger partial charge in [-0.15, -0.1) is 0 Å². The summed E-state index contributed by atoms with van der Waals surface area (Å²) in [7, 11) is 1.60. The van der Waals surface area contributed by atoms with E-state index in [4.69, 9.17) is 9.47 Å². The molecule has 106 valence electrons. The zero-order valence-electron chi connectivity index (χ0n) is 11.0. The summed E-state index contributed by atoms with van der Waals surface area (Å²) in [5.74, 6) is -0.123. The largest absolute Gasteiger partial charge is 0.390 e. The Balaban J connectivity index is 2.49. The molecule has 0 radical (unpaired) electrons. The van der Waals surface area contributed by atoms with E-state index in [1.54, 1.807) is 7.11 Å². The number of rotatable bonds is 7. The van der Waals surface area contributed by atoms with Crippen molar-refractivity contribution < 1.29 is 24.5 Å². The molecule has 0 spiro atoms. The summed E-state index contributed by atoms with van der Waals surface area (Å²) in [4.78, 5) is 11.0. The highest BCUT2D eigenvalue weighted by atomic mass is 16.5. The minimum absolute atomic E-state index is 0.123. The summed E-state index contributed by atoms with van der Waals surface area (Å²) in [6.45, 7) is 3.21. The third kappa shape index (κ3) is 4.53. The van der Waals surface area contributed by atoms with Crippen molar-refractivity contribution in [3.05, 3.63) is 0 Å². The van der Waals surface area contributed by atoms with Crippen molar-refractivity contribution >= 4 is 5.91 Å². The molecule has 0 aliphatic heterocycles. The fourth-order valence-electron chi connectivity index (χ4n) is 2.30. The Bertz CT molecular complexity index is 261. The Labute approximate surface area is 107 Å². The molecule has 0 saturated heterocycles. The molecule has 1 amide bonds. The van der Waals surface area contributed by atoms with E-state index in [0.29, 0.717) is 39.2 Å². The third-order valence-electron chi connectivity index (χ3n) is 3.28. The van der Waals surface area contributed by atoms with Gasteiger partial charge >= 0.3 is 0 Å². The van der Waals surface area contributed by atoms with E-state index < -0.39 is 17.6 Å². The highest BCUT2D eigenvalue weighted by molar-refractivity contribution is 5.72. The second-order valence-corrected chi connectivity index (χ2v) is 5.00. The minimum Gasteiger partial charge on any atom is -0.390 e. The van der Waals surface area contributed by atoms with Crippen molar-refractivity contribution in [3.8, 4) is 0 Å². The number of amides is 1. The molecule has 1 aliphatic rings.